The molecule has 7 heteroatoms. The maximum absolute atomic E-state index is 13.7. The van der Waals surface area contributed by atoms with Crippen LogP contribution < -0.4 is 0 Å². The lowest BCUT2D eigenvalue weighted by Crippen LogP contribution is -2.39. The van der Waals surface area contributed by atoms with Gasteiger partial charge < -0.3 is 9.52 Å². The van der Waals surface area contributed by atoms with Crippen molar-refractivity contribution in [3.05, 3.63) is 34.9 Å². The molecule has 1 atom stereocenters. The minimum Gasteiger partial charge on any atom is -0.409 e. The van der Waals surface area contributed by atoms with Crippen LogP contribution in [-0.2, 0) is 6.67 Å². The molecule has 0 saturated carbocycles. The molecule has 2 aromatic rings. The molecule has 3 rings (SSSR count). The fourth-order valence-corrected chi connectivity index (χ4v) is 2.67. The number of aliphatic hydroxyl groups is 1. The van der Waals surface area contributed by atoms with Crippen LogP contribution in [0, 0.1) is 10.7 Å². The first kappa shape index (κ1) is 14.4. The zero-order valence-electron chi connectivity index (χ0n) is 11.4. The van der Waals surface area contributed by atoms with Gasteiger partial charge in [-0.25, -0.2) is 9.07 Å². The molecular formula is C14H16FN3O2S. The SMILES string of the molecule is O[C@H]1CCCN(Cn2nc(-c3ccccc3F)oc2=S)C1. The lowest BCUT2D eigenvalue weighted by atomic mass is 10.1. The predicted octanol–water partition coefficient (Wildman–Crippen LogP) is 2.43. The Hall–Kier alpha value is -1.57. The van der Waals surface area contributed by atoms with Crippen LogP contribution >= 0.6 is 12.2 Å². The highest BCUT2D eigenvalue weighted by molar-refractivity contribution is 7.71. The quantitative estimate of drug-likeness (QED) is 0.883. The van der Waals surface area contributed by atoms with Gasteiger partial charge in [-0.05, 0) is 37.2 Å². The highest BCUT2D eigenvalue weighted by Crippen LogP contribution is 2.21. The smallest absolute Gasteiger partial charge is 0.288 e. The number of nitrogens with zero attached hydrogens (tertiary/aromatic N) is 3. The normalized spacial score (nSPS) is 19.8. The number of halogens is 1. The van der Waals surface area contributed by atoms with Crippen LogP contribution in [0.4, 0.5) is 4.39 Å². The Balaban J connectivity index is 1.82. The number of piperidine rings is 1. The maximum atomic E-state index is 13.7. The minimum absolute atomic E-state index is 0.177. The van der Waals surface area contributed by atoms with E-state index < -0.39 is 5.82 Å². The fraction of sp³-hybridized carbons (Fsp3) is 0.429. The summed E-state index contributed by atoms with van der Waals surface area (Å²) in [6.45, 7) is 1.90. The molecule has 1 fully saturated rings. The van der Waals surface area contributed by atoms with E-state index in [1.165, 1.54) is 10.7 Å². The van der Waals surface area contributed by atoms with E-state index in [0.717, 1.165) is 19.4 Å². The van der Waals surface area contributed by atoms with Gasteiger partial charge >= 0.3 is 0 Å². The highest BCUT2D eigenvalue weighted by Gasteiger charge is 2.19. The van der Waals surface area contributed by atoms with Crippen LogP contribution in [0.5, 0.6) is 0 Å². The molecule has 1 saturated heterocycles. The van der Waals surface area contributed by atoms with Gasteiger partial charge in [-0.3, -0.25) is 4.90 Å². The average Bonchev–Trinajstić information content (AvgIpc) is 2.80. The molecule has 0 amide bonds. The second-order valence-electron chi connectivity index (χ2n) is 5.17. The van der Waals surface area contributed by atoms with Crippen molar-refractivity contribution < 1.29 is 13.9 Å². The van der Waals surface area contributed by atoms with Gasteiger partial charge in [0.2, 0.25) is 5.89 Å². The summed E-state index contributed by atoms with van der Waals surface area (Å²) in [5, 5.41) is 13.9. The van der Waals surface area contributed by atoms with Gasteiger partial charge in [-0.15, -0.1) is 5.10 Å². The molecule has 21 heavy (non-hydrogen) atoms. The van der Waals surface area contributed by atoms with Crippen molar-refractivity contribution in [3.63, 3.8) is 0 Å². The summed E-state index contributed by atoms with van der Waals surface area (Å²) >= 11 is 5.14. The van der Waals surface area contributed by atoms with Crippen LogP contribution in [0.1, 0.15) is 12.8 Å². The van der Waals surface area contributed by atoms with E-state index in [0.29, 0.717) is 18.8 Å². The topological polar surface area (TPSA) is 54.4 Å². The van der Waals surface area contributed by atoms with Crippen molar-refractivity contribution in [1.82, 2.24) is 14.7 Å². The van der Waals surface area contributed by atoms with E-state index in [2.05, 4.69) is 10.00 Å². The van der Waals surface area contributed by atoms with Gasteiger partial charge in [0.15, 0.2) is 0 Å². The lowest BCUT2D eigenvalue weighted by Gasteiger charge is -2.29. The second kappa shape index (κ2) is 6.05. The zero-order chi connectivity index (χ0) is 14.8. The monoisotopic (exact) mass is 309 g/mol. The van der Waals surface area contributed by atoms with Gasteiger partial charge in [0.25, 0.3) is 4.84 Å². The number of rotatable bonds is 3. The molecule has 1 N–H and O–H groups in total. The standard InChI is InChI=1S/C14H16FN3O2S/c15-12-6-2-1-5-11(12)13-16-18(14(21)20-13)9-17-7-3-4-10(19)8-17/h1-2,5-6,10,19H,3-4,7-9H2/t10-/m0/s1. The Labute approximate surface area is 126 Å². The molecule has 1 aliphatic rings. The molecule has 112 valence electrons. The van der Waals surface area contributed by atoms with Crippen LogP contribution in [-0.4, -0.2) is 39.0 Å². The van der Waals surface area contributed by atoms with Crippen LogP contribution in [0.2, 0.25) is 0 Å². The Kier molecular flexibility index (Phi) is 4.14. The molecule has 0 radical (unpaired) electrons. The molecule has 0 spiro atoms. The van der Waals surface area contributed by atoms with E-state index in [1.807, 2.05) is 0 Å². The van der Waals surface area contributed by atoms with E-state index in [4.69, 9.17) is 16.6 Å². The summed E-state index contributed by atoms with van der Waals surface area (Å²) in [6.07, 6.45) is 1.44. The Morgan fingerprint density at radius 1 is 1.43 bits per heavy atom. The lowest BCUT2D eigenvalue weighted by molar-refractivity contribution is 0.0509. The summed E-state index contributed by atoms with van der Waals surface area (Å²) in [6, 6.07) is 6.29. The molecule has 0 bridgehead atoms. The molecule has 0 unspecified atom stereocenters. The van der Waals surface area contributed by atoms with E-state index >= 15 is 0 Å². The zero-order valence-corrected chi connectivity index (χ0v) is 12.2. The third-order valence-electron chi connectivity index (χ3n) is 3.53. The van der Waals surface area contributed by atoms with Crippen LogP contribution in [0.15, 0.2) is 28.7 Å². The summed E-state index contributed by atoms with van der Waals surface area (Å²) in [7, 11) is 0. The maximum Gasteiger partial charge on any atom is 0.288 e. The van der Waals surface area contributed by atoms with Gasteiger partial charge in [-0.2, -0.15) is 0 Å². The highest BCUT2D eigenvalue weighted by atomic mass is 32.1. The molecule has 1 aromatic carbocycles. The van der Waals surface area contributed by atoms with Crippen molar-refractivity contribution in [2.24, 2.45) is 0 Å². The number of hydrogen-bond donors (Lipinski definition) is 1. The number of aromatic nitrogens is 2. The van der Waals surface area contributed by atoms with Crippen molar-refractivity contribution in [3.8, 4) is 11.5 Å². The van der Waals surface area contributed by atoms with Crippen LogP contribution in [0.25, 0.3) is 11.5 Å². The number of benzene rings is 1. The van der Waals surface area contributed by atoms with E-state index in [1.54, 1.807) is 18.2 Å². The summed E-state index contributed by atoms with van der Waals surface area (Å²) in [5.41, 5.74) is 0.293. The van der Waals surface area contributed by atoms with Gasteiger partial charge in [-0.1, -0.05) is 12.1 Å². The van der Waals surface area contributed by atoms with Crippen molar-refractivity contribution in [2.45, 2.75) is 25.6 Å². The van der Waals surface area contributed by atoms with E-state index in [-0.39, 0.29) is 16.8 Å². The van der Waals surface area contributed by atoms with Crippen molar-refractivity contribution >= 4 is 12.2 Å². The summed E-state index contributed by atoms with van der Waals surface area (Å²) in [5.74, 6) is -0.218. The molecule has 2 heterocycles. The number of β-amino-alcohol motifs (C(OH)–C–C–N with tert-alkyl or cyclic N) is 1. The molecular weight excluding hydrogens is 293 g/mol. The fourth-order valence-electron chi connectivity index (χ4n) is 2.49. The first-order valence-electron chi connectivity index (χ1n) is 6.87. The largest absolute Gasteiger partial charge is 0.409 e. The average molecular weight is 309 g/mol. The molecule has 5 nitrogen and oxygen atoms in total. The molecule has 1 aliphatic heterocycles. The molecule has 0 aliphatic carbocycles. The van der Waals surface area contributed by atoms with Gasteiger partial charge in [0.05, 0.1) is 18.3 Å². The third-order valence-corrected chi connectivity index (χ3v) is 3.82. The van der Waals surface area contributed by atoms with Gasteiger partial charge in [0, 0.05) is 13.1 Å². The number of likely N-dealkylation sites (tertiary alicyclic amines) is 1. The van der Waals surface area contributed by atoms with E-state index in [9.17, 15) is 9.50 Å². The predicted molar refractivity (Wildman–Crippen MR) is 77.5 cm³/mol. The molecule has 1 aromatic heterocycles. The Bertz CT molecular complexity index is 685. The minimum atomic E-state index is -0.394. The van der Waals surface area contributed by atoms with Gasteiger partial charge in [0.1, 0.15) is 5.82 Å². The summed E-state index contributed by atoms with van der Waals surface area (Å²) in [4.78, 5) is 2.26. The number of aliphatic hydroxyl groups excluding tert-OH is 1. The Morgan fingerprint density at radius 3 is 3.00 bits per heavy atom. The Morgan fingerprint density at radius 2 is 2.24 bits per heavy atom. The van der Waals surface area contributed by atoms with Crippen LogP contribution in [0.3, 0.4) is 0 Å². The summed E-state index contributed by atoms with van der Waals surface area (Å²) < 4.78 is 20.6. The van der Waals surface area contributed by atoms with Crippen molar-refractivity contribution in [1.29, 1.82) is 0 Å². The first-order valence-corrected chi connectivity index (χ1v) is 7.27. The van der Waals surface area contributed by atoms with Crippen molar-refractivity contribution in [2.75, 3.05) is 13.1 Å². The second-order valence-corrected chi connectivity index (χ2v) is 5.52. The number of hydrogen-bond acceptors (Lipinski definition) is 5. The third kappa shape index (κ3) is 3.20. The first-order chi connectivity index (χ1) is 10.1.